The summed E-state index contributed by atoms with van der Waals surface area (Å²) < 4.78 is 0. The molecule has 0 aliphatic carbocycles. The molecule has 0 fully saturated rings. The summed E-state index contributed by atoms with van der Waals surface area (Å²) in [5, 5.41) is 22.2. The number of carbonyl (C=O) groups is 1. The smallest absolute Gasteiger partial charge is 0.335 e. The fraction of sp³-hybridized carbons (Fsp3) is 0.111. The molecule has 0 bridgehead atoms. The number of carboxylic acid groups (broad SMARTS) is 1. The van der Waals surface area contributed by atoms with E-state index >= 15 is 0 Å². The van der Waals surface area contributed by atoms with Gasteiger partial charge in [0.05, 0.1) is 11.3 Å². The van der Waals surface area contributed by atoms with Gasteiger partial charge in [0.2, 0.25) is 0 Å². The number of thioether (sulfide) groups is 1. The van der Waals surface area contributed by atoms with E-state index in [1.807, 2.05) is 0 Å². The highest BCUT2D eigenvalue weighted by molar-refractivity contribution is 7.98. The van der Waals surface area contributed by atoms with Crippen LogP contribution in [0.25, 0.3) is 0 Å². The van der Waals surface area contributed by atoms with Crippen LogP contribution in [0.3, 0.4) is 0 Å². The van der Waals surface area contributed by atoms with Gasteiger partial charge < -0.3 is 5.11 Å². The van der Waals surface area contributed by atoms with Gasteiger partial charge in [-0.1, -0.05) is 5.21 Å². The second kappa shape index (κ2) is 4.75. The molecule has 0 aliphatic heterocycles. The van der Waals surface area contributed by atoms with Crippen molar-refractivity contribution in [1.29, 1.82) is 0 Å². The maximum absolute atomic E-state index is 10.6. The molecule has 1 aromatic carbocycles. The Kier molecular flexibility index (Phi) is 3.16. The van der Waals surface area contributed by atoms with Gasteiger partial charge in [-0.25, -0.2) is 4.79 Å². The zero-order valence-corrected chi connectivity index (χ0v) is 8.94. The molecule has 0 radical (unpaired) electrons. The predicted octanol–water partition coefficient (Wildman–Crippen LogP) is 1.19. The lowest BCUT2D eigenvalue weighted by Crippen LogP contribution is -1.94. The number of aromatic amines is 1. The molecule has 16 heavy (non-hydrogen) atoms. The van der Waals surface area contributed by atoms with Gasteiger partial charge >= 0.3 is 5.97 Å². The molecule has 2 rings (SSSR count). The molecule has 1 heterocycles. The zero-order chi connectivity index (χ0) is 11.4. The molecule has 2 N–H and O–H groups in total. The van der Waals surface area contributed by atoms with E-state index in [-0.39, 0.29) is 5.56 Å². The average Bonchev–Trinajstić information content (AvgIpc) is 2.80. The van der Waals surface area contributed by atoms with E-state index in [4.69, 9.17) is 5.11 Å². The predicted molar refractivity (Wildman–Crippen MR) is 57.1 cm³/mol. The molecule has 1 aromatic heterocycles. The standard InChI is InChI=1S/C9H8N4O2S/c14-9(15)6-1-3-7(4-2-6)16-5-8-10-12-13-11-8/h1-4H,5H2,(H,14,15)(H,10,11,12,13). The summed E-state index contributed by atoms with van der Waals surface area (Å²) in [4.78, 5) is 11.6. The number of rotatable bonds is 4. The molecule has 6 nitrogen and oxygen atoms in total. The Bertz CT molecular complexity index is 469. The highest BCUT2D eigenvalue weighted by Crippen LogP contribution is 2.21. The van der Waals surface area contributed by atoms with Gasteiger partial charge in [0.1, 0.15) is 0 Å². The Morgan fingerprint density at radius 2 is 2.12 bits per heavy atom. The Labute approximate surface area is 95.1 Å². The molecular weight excluding hydrogens is 228 g/mol. The number of aromatic nitrogens is 4. The molecule has 0 saturated heterocycles. The van der Waals surface area contributed by atoms with E-state index < -0.39 is 5.97 Å². The van der Waals surface area contributed by atoms with Crippen molar-refractivity contribution in [2.45, 2.75) is 10.6 Å². The van der Waals surface area contributed by atoms with Crippen molar-refractivity contribution in [3.63, 3.8) is 0 Å². The Morgan fingerprint density at radius 1 is 1.38 bits per heavy atom. The van der Waals surface area contributed by atoms with Gasteiger partial charge in [-0.2, -0.15) is 5.21 Å². The fourth-order valence-electron chi connectivity index (χ4n) is 1.09. The number of nitrogens with one attached hydrogen (secondary N) is 1. The van der Waals surface area contributed by atoms with E-state index in [2.05, 4.69) is 20.6 Å². The van der Waals surface area contributed by atoms with Crippen molar-refractivity contribution in [3.05, 3.63) is 35.7 Å². The highest BCUT2D eigenvalue weighted by Gasteiger charge is 2.03. The van der Waals surface area contributed by atoms with Crippen LogP contribution in [-0.2, 0) is 5.75 Å². The minimum absolute atomic E-state index is 0.281. The van der Waals surface area contributed by atoms with Crippen molar-refractivity contribution in [2.75, 3.05) is 0 Å². The molecule has 0 atom stereocenters. The molecule has 0 unspecified atom stereocenters. The minimum Gasteiger partial charge on any atom is -0.478 e. The second-order valence-corrected chi connectivity index (χ2v) is 3.99. The van der Waals surface area contributed by atoms with E-state index in [9.17, 15) is 4.79 Å². The fourth-order valence-corrected chi connectivity index (χ4v) is 1.83. The summed E-state index contributed by atoms with van der Waals surface area (Å²) in [6, 6.07) is 6.66. The summed E-state index contributed by atoms with van der Waals surface area (Å²) >= 11 is 1.52. The van der Waals surface area contributed by atoms with Gasteiger partial charge in [0.25, 0.3) is 0 Å². The number of nitrogens with zero attached hydrogens (tertiary/aromatic N) is 3. The molecule has 0 saturated carbocycles. The van der Waals surface area contributed by atoms with Crippen molar-refractivity contribution < 1.29 is 9.90 Å². The summed E-state index contributed by atoms with van der Waals surface area (Å²) in [7, 11) is 0. The molecule has 0 amide bonds. The summed E-state index contributed by atoms with van der Waals surface area (Å²) in [6.07, 6.45) is 0. The molecular formula is C9H8N4O2S. The van der Waals surface area contributed by atoms with E-state index in [0.717, 1.165) is 4.90 Å². The van der Waals surface area contributed by atoms with Gasteiger partial charge in [-0.15, -0.1) is 22.0 Å². The van der Waals surface area contributed by atoms with Crippen LogP contribution in [0.2, 0.25) is 0 Å². The normalized spacial score (nSPS) is 10.2. The van der Waals surface area contributed by atoms with Crippen LogP contribution >= 0.6 is 11.8 Å². The van der Waals surface area contributed by atoms with E-state index in [0.29, 0.717) is 11.6 Å². The van der Waals surface area contributed by atoms with Crippen LogP contribution in [0.15, 0.2) is 29.2 Å². The van der Waals surface area contributed by atoms with Crippen LogP contribution in [0.4, 0.5) is 0 Å². The first kappa shape index (κ1) is 10.6. The SMILES string of the molecule is O=C(O)c1ccc(SCc2nn[nH]n2)cc1. The van der Waals surface area contributed by atoms with E-state index in [1.54, 1.807) is 24.3 Å². The second-order valence-electron chi connectivity index (χ2n) is 2.95. The van der Waals surface area contributed by atoms with Crippen LogP contribution in [0, 0.1) is 0 Å². The first-order valence-electron chi connectivity index (χ1n) is 4.44. The Morgan fingerprint density at radius 3 is 2.69 bits per heavy atom. The Balaban J connectivity index is 1.98. The lowest BCUT2D eigenvalue weighted by molar-refractivity contribution is 0.0697. The maximum Gasteiger partial charge on any atom is 0.335 e. The molecule has 82 valence electrons. The number of hydrogen-bond donors (Lipinski definition) is 2. The zero-order valence-electron chi connectivity index (χ0n) is 8.12. The molecule has 2 aromatic rings. The van der Waals surface area contributed by atoms with Crippen molar-refractivity contribution >= 4 is 17.7 Å². The molecule has 7 heteroatoms. The van der Waals surface area contributed by atoms with Crippen LogP contribution < -0.4 is 0 Å². The van der Waals surface area contributed by atoms with Crippen molar-refractivity contribution in [3.8, 4) is 0 Å². The topological polar surface area (TPSA) is 91.8 Å². The monoisotopic (exact) mass is 236 g/mol. The van der Waals surface area contributed by atoms with E-state index in [1.165, 1.54) is 11.8 Å². The highest BCUT2D eigenvalue weighted by atomic mass is 32.2. The van der Waals surface area contributed by atoms with Gasteiger partial charge in [0.15, 0.2) is 5.82 Å². The average molecular weight is 236 g/mol. The first-order chi connectivity index (χ1) is 7.75. The van der Waals surface area contributed by atoms with Crippen molar-refractivity contribution in [1.82, 2.24) is 20.6 Å². The van der Waals surface area contributed by atoms with Gasteiger partial charge in [0, 0.05) is 4.90 Å². The summed E-state index contributed by atoms with van der Waals surface area (Å²) in [6.45, 7) is 0. The minimum atomic E-state index is -0.922. The number of aromatic carboxylic acids is 1. The van der Waals surface area contributed by atoms with Crippen LogP contribution in [0.5, 0.6) is 0 Å². The largest absolute Gasteiger partial charge is 0.478 e. The number of hydrogen-bond acceptors (Lipinski definition) is 5. The Hall–Kier alpha value is -1.89. The van der Waals surface area contributed by atoms with Gasteiger partial charge in [-0.3, -0.25) is 0 Å². The third-order valence-corrected chi connectivity index (χ3v) is 2.87. The summed E-state index contributed by atoms with van der Waals surface area (Å²) in [5.41, 5.74) is 0.281. The first-order valence-corrected chi connectivity index (χ1v) is 5.43. The molecule has 0 aliphatic rings. The number of tetrazole rings is 1. The number of carboxylic acids is 1. The number of H-pyrrole nitrogens is 1. The van der Waals surface area contributed by atoms with Crippen LogP contribution in [0.1, 0.15) is 16.2 Å². The lowest BCUT2D eigenvalue weighted by atomic mass is 10.2. The molecule has 0 spiro atoms. The lowest BCUT2D eigenvalue weighted by Gasteiger charge is -1.99. The van der Waals surface area contributed by atoms with Gasteiger partial charge in [-0.05, 0) is 24.3 Å². The number of benzene rings is 1. The van der Waals surface area contributed by atoms with Crippen molar-refractivity contribution in [2.24, 2.45) is 0 Å². The quantitative estimate of drug-likeness (QED) is 0.775. The van der Waals surface area contributed by atoms with Crippen LogP contribution in [-0.4, -0.2) is 31.7 Å². The maximum atomic E-state index is 10.6. The summed E-state index contributed by atoms with van der Waals surface area (Å²) in [5.74, 6) is 0.296. The third-order valence-electron chi connectivity index (χ3n) is 1.86. The third kappa shape index (κ3) is 2.57.